The highest BCUT2D eigenvalue weighted by Crippen LogP contribution is 2.31. The van der Waals surface area contributed by atoms with Crippen molar-refractivity contribution in [3.05, 3.63) is 41.1 Å². The molecule has 0 radical (unpaired) electrons. The average molecular weight is 533 g/mol. The molecule has 0 bridgehead atoms. The van der Waals surface area contributed by atoms with Crippen molar-refractivity contribution < 1.29 is 57.5 Å². The number of rotatable bonds is 10. The molecule has 1 saturated heterocycles. The Morgan fingerprint density at radius 1 is 1.19 bits per heavy atom. The Morgan fingerprint density at radius 2 is 1.89 bits per heavy atom. The Kier molecular flexibility index (Phi) is 5.99. The number of ether oxygens (including phenoxy) is 5. The van der Waals surface area contributed by atoms with E-state index in [1.807, 2.05) is 0 Å². The van der Waals surface area contributed by atoms with Gasteiger partial charge in [-0.3, -0.25) is 4.68 Å². The van der Waals surface area contributed by atoms with E-state index in [1.165, 1.54) is 45.0 Å². The second kappa shape index (κ2) is 12.6. The molecule has 0 unspecified atom stereocenters. The molecule has 3 N–H and O–H groups in total. The van der Waals surface area contributed by atoms with E-state index in [1.54, 1.807) is 0 Å². The van der Waals surface area contributed by atoms with Crippen molar-refractivity contribution in [2.75, 3.05) is 13.2 Å². The Labute approximate surface area is 230 Å². The second-order valence-corrected chi connectivity index (χ2v) is 8.31. The lowest BCUT2D eigenvalue weighted by Gasteiger charge is -2.39. The van der Waals surface area contributed by atoms with Gasteiger partial charge >= 0.3 is 6.16 Å². The summed E-state index contributed by atoms with van der Waals surface area (Å²) >= 11 is 0. The van der Waals surface area contributed by atoms with Crippen LogP contribution in [0.5, 0.6) is 11.6 Å². The maximum Gasteiger partial charge on any atom is 0.508 e. The van der Waals surface area contributed by atoms with Crippen molar-refractivity contribution in [3.63, 3.8) is 0 Å². The number of benzene rings is 1. The molecule has 1 fully saturated rings. The van der Waals surface area contributed by atoms with Crippen molar-refractivity contribution >= 4 is 6.16 Å². The second-order valence-electron chi connectivity index (χ2n) is 8.31. The number of hydrogen-bond acceptors (Lipinski definition) is 10. The van der Waals surface area contributed by atoms with Crippen molar-refractivity contribution in [1.82, 2.24) is 9.78 Å². The number of aromatic nitrogens is 2. The van der Waals surface area contributed by atoms with Gasteiger partial charge in [0.2, 0.25) is 12.2 Å². The van der Waals surface area contributed by atoms with Crippen LogP contribution in [0.15, 0.2) is 24.3 Å². The van der Waals surface area contributed by atoms with Gasteiger partial charge in [-0.1, -0.05) is 12.1 Å². The summed E-state index contributed by atoms with van der Waals surface area (Å²) in [7, 11) is 0. The molecule has 3 rings (SSSR count). The highest BCUT2D eigenvalue weighted by atomic mass is 16.7. The van der Waals surface area contributed by atoms with Crippen LogP contribution in [0.2, 0.25) is 0 Å². The smallest absolute Gasteiger partial charge is 0.491 e. The molecule has 11 heteroatoms. The topological polar surface area (TPSA) is 142 Å². The number of aliphatic hydroxyl groups excluding tert-OH is 3. The maximum absolute atomic E-state index is 11.7. The molecule has 2 aromatic rings. The molecule has 1 aliphatic heterocycles. The molecule has 2 heterocycles. The van der Waals surface area contributed by atoms with Crippen LogP contribution in [0, 0.1) is 6.92 Å². The summed E-state index contributed by atoms with van der Waals surface area (Å²) < 4.78 is 109. The summed E-state index contributed by atoms with van der Waals surface area (Å²) in [5.74, 6) is -0.603. The highest BCUT2D eigenvalue weighted by molar-refractivity contribution is 5.59. The lowest BCUT2D eigenvalue weighted by atomic mass is 9.99. The van der Waals surface area contributed by atoms with Gasteiger partial charge in [-0.05, 0) is 59.1 Å². The molecular formula is C26H38N2O9. The zero-order valence-corrected chi connectivity index (χ0v) is 20.8. The van der Waals surface area contributed by atoms with Gasteiger partial charge in [0.1, 0.15) is 36.8 Å². The predicted octanol–water partition coefficient (Wildman–Crippen LogP) is 2.51. The van der Waals surface area contributed by atoms with Crippen LogP contribution in [0.4, 0.5) is 4.79 Å². The fourth-order valence-electron chi connectivity index (χ4n) is 3.48. The van der Waals surface area contributed by atoms with E-state index >= 15 is 0 Å². The molecule has 0 aliphatic carbocycles. The largest absolute Gasteiger partial charge is 0.508 e. The van der Waals surface area contributed by atoms with Crippen LogP contribution in [0.25, 0.3) is 0 Å². The first-order valence-corrected chi connectivity index (χ1v) is 11.4. The van der Waals surface area contributed by atoms with Crippen LogP contribution >= 0.6 is 0 Å². The zero-order chi connectivity index (χ0) is 35.9. The number of hydrogen-bond donors (Lipinski definition) is 3. The molecule has 1 aromatic carbocycles. The summed E-state index contributed by atoms with van der Waals surface area (Å²) in [6, 6.07) is 1.84. The molecule has 1 aromatic heterocycles. The third-order valence-electron chi connectivity index (χ3n) is 5.27. The van der Waals surface area contributed by atoms with Gasteiger partial charge in [0.25, 0.3) is 0 Å². The van der Waals surface area contributed by atoms with Crippen LogP contribution in [0.3, 0.4) is 0 Å². The van der Waals surface area contributed by atoms with Crippen molar-refractivity contribution in [2.24, 2.45) is 0 Å². The van der Waals surface area contributed by atoms with Crippen LogP contribution in [-0.4, -0.2) is 81.3 Å². The zero-order valence-electron chi connectivity index (χ0n) is 30.8. The third-order valence-corrected chi connectivity index (χ3v) is 5.27. The summed E-state index contributed by atoms with van der Waals surface area (Å²) in [6.45, 7) is -2.22. The minimum absolute atomic E-state index is 0.0330. The minimum atomic E-state index is -3.55. The van der Waals surface area contributed by atoms with E-state index in [-0.39, 0.29) is 22.6 Å². The lowest BCUT2D eigenvalue weighted by Crippen LogP contribution is -2.60. The maximum atomic E-state index is 11.7. The number of aliphatic hydroxyl groups is 3. The van der Waals surface area contributed by atoms with Crippen LogP contribution in [0.1, 0.15) is 71.0 Å². The molecule has 0 spiro atoms. The molecular weight excluding hydrogens is 484 g/mol. The van der Waals surface area contributed by atoms with Gasteiger partial charge in [0.05, 0.1) is 15.4 Å². The molecule has 0 amide bonds. The number of carbonyl (C=O) groups is 1. The van der Waals surface area contributed by atoms with Crippen LogP contribution < -0.4 is 9.47 Å². The van der Waals surface area contributed by atoms with Gasteiger partial charge in [-0.15, -0.1) is 5.10 Å². The first kappa shape index (κ1) is 17.6. The number of carbonyl (C=O) groups excluding carboxylic acids is 1. The highest BCUT2D eigenvalue weighted by Gasteiger charge is 2.46. The van der Waals surface area contributed by atoms with E-state index in [4.69, 9.17) is 32.7 Å². The average Bonchev–Trinajstić information content (AvgIpc) is 3.26. The van der Waals surface area contributed by atoms with Gasteiger partial charge in [-0.25, -0.2) is 4.79 Å². The summed E-state index contributed by atoms with van der Waals surface area (Å²) in [5.41, 5.74) is -1.11. The van der Waals surface area contributed by atoms with Gasteiger partial charge in [-0.2, -0.15) is 0 Å². The normalized spacial score (nSPS) is 29.4. The summed E-state index contributed by atoms with van der Waals surface area (Å²) in [4.78, 5) is 11.7. The lowest BCUT2D eigenvalue weighted by molar-refractivity contribution is -0.278. The van der Waals surface area contributed by atoms with Gasteiger partial charge in [0.15, 0.2) is 0 Å². The van der Waals surface area contributed by atoms with Crippen molar-refractivity contribution in [1.29, 1.82) is 0 Å². The van der Waals surface area contributed by atoms with Gasteiger partial charge < -0.3 is 39.0 Å². The summed E-state index contributed by atoms with van der Waals surface area (Å²) in [5, 5.41) is 35.6. The molecule has 5 atom stereocenters. The fourth-order valence-corrected chi connectivity index (χ4v) is 3.48. The Bertz CT molecular complexity index is 1380. The SMILES string of the molecule is [2H]C(C)(C)Oc1ccc(C([2H])([2H])c2c(O[C@@H]3O[C@H](COC(=O)OCC)[C@@H](O)[C@H](O)[C@H]3O)nn(C([2H])(C([2H])([2H])[2H])C([2H])([2H])[2H])c2C)cc1. The van der Waals surface area contributed by atoms with Crippen molar-refractivity contribution in [3.8, 4) is 11.6 Å². The fraction of sp³-hybridized carbons (Fsp3) is 0.615. The summed E-state index contributed by atoms with van der Waals surface area (Å²) in [6.07, 6.45) is -14.4. The molecule has 1 aliphatic rings. The van der Waals surface area contributed by atoms with E-state index in [9.17, 15) is 20.1 Å². The number of nitrogens with zero attached hydrogens (tertiary/aromatic N) is 2. The Morgan fingerprint density at radius 3 is 2.51 bits per heavy atom. The predicted molar refractivity (Wildman–Crippen MR) is 133 cm³/mol. The first-order valence-electron chi connectivity index (χ1n) is 16.4. The van der Waals surface area contributed by atoms with E-state index in [0.29, 0.717) is 0 Å². The minimum Gasteiger partial charge on any atom is -0.491 e. The Hall–Kier alpha value is -2.86. The molecule has 206 valence electrons. The Balaban J connectivity index is 2.17. The quantitative estimate of drug-likeness (QED) is 0.391. The standard InChI is InChI=1S/C26H38N2O9/c1-7-33-26(32)34-13-20-21(29)22(30)23(31)25(36-20)37-24-19(16(6)28(27-24)14(2)3)12-17-8-10-18(11-9-17)35-15(4)5/h8-11,14-15,20-23,25,29-31H,7,12-13H2,1-6H3/t20-,21-,22+,23-,25+/m1/s1/i2D3,3D3,12D2,14D,15D. The first-order chi connectivity index (χ1) is 21.4. The van der Waals surface area contributed by atoms with Gasteiger partial charge in [0, 0.05) is 34.6 Å². The van der Waals surface area contributed by atoms with E-state index in [0.717, 1.165) is 6.92 Å². The molecule has 0 saturated carbocycles. The molecule has 37 heavy (non-hydrogen) atoms. The molecule has 11 nitrogen and oxygen atoms in total. The van der Waals surface area contributed by atoms with Crippen molar-refractivity contribution in [2.45, 2.75) is 90.6 Å². The third kappa shape index (κ3) is 7.13. The van der Waals surface area contributed by atoms with Crippen LogP contribution in [-0.2, 0) is 20.6 Å². The van der Waals surface area contributed by atoms with E-state index < -0.39 is 92.8 Å². The monoisotopic (exact) mass is 532 g/mol. The van der Waals surface area contributed by atoms with E-state index in [2.05, 4.69) is 9.84 Å².